The number of hydrogen-bond acceptors (Lipinski definition) is 4. The zero-order valence-corrected chi connectivity index (χ0v) is 12.9. The summed E-state index contributed by atoms with van der Waals surface area (Å²) in [5.41, 5.74) is 0. The maximum atomic E-state index is 8.93. The third-order valence-corrected chi connectivity index (χ3v) is 0.167. The van der Waals surface area contributed by atoms with Crippen molar-refractivity contribution in [1.82, 2.24) is 0 Å². The van der Waals surface area contributed by atoms with Crippen LogP contribution < -0.4 is 10.2 Å². The number of rotatable bonds is 0. The first kappa shape index (κ1) is 22.6. The van der Waals surface area contributed by atoms with Gasteiger partial charge in [-0.05, 0) is 0 Å². The van der Waals surface area contributed by atoms with E-state index < -0.39 is 11.9 Å². The molecule has 0 rings (SSSR count). The topological polar surface area (TPSA) is 80.3 Å². The third kappa shape index (κ3) is 18.1. The average Bonchev–Trinajstić information content (AvgIpc) is 1.36. The van der Waals surface area contributed by atoms with Gasteiger partial charge in [-0.25, -0.2) is 0 Å². The Hall–Kier alpha value is 2.80. The Morgan fingerprint density at radius 2 is 1.11 bits per heavy atom. The van der Waals surface area contributed by atoms with E-state index in [2.05, 4.69) is 0 Å². The average molecular weight is 526 g/mol. The Labute approximate surface area is 144 Å². The molecule has 0 aromatic rings. The molecule has 1 radical (unpaired) electrons. The van der Waals surface area contributed by atoms with Gasteiger partial charge in [-0.1, -0.05) is 0 Å². The van der Waals surface area contributed by atoms with E-state index in [1.807, 2.05) is 0 Å². The van der Waals surface area contributed by atoms with Gasteiger partial charge < -0.3 is 19.8 Å². The zero-order valence-electron chi connectivity index (χ0n) is 4.04. The van der Waals surface area contributed by atoms with Gasteiger partial charge in [0.1, 0.15) is 0 Å². The standard InChI is InChI=1S/C2H2O4.Ce.La.Tb/c3-1(4)2(5)6;;;/h(H,3,4)(H,5,6);;;/q;3*+3/p-2. The number of hydrogen-bond donors (Lipinski definition) is 0. The van der Waals surface area contributed by atoms with Gasteiger partial charge in [0.15, 0.2) is 0 Å². The fourth-order valence-corrected chi connectivity index (χ4v) is 0. The zero-order chi connectivity index (χ0) is 5.15. The van der Waals surface area contributed by atoms with E-state index in [0.717, 1.165) is 0 Å². The van der Waals surface area contributed by atoms with Gasteiger partial charge in [0, 0.05) is 0 Å². The number of carboxylic acid groups (broad SMARTS) is 2. The van der Waals surface area contributed by atoms with Crippen molar-refractivity contribution in [2.24, 2.45) is 0 Å². The summed E-state index contributed by atoms with van der Waals surface area (Å²) in [7, 11) is 0. The van der Waals surface area contributed by atoms with Crippen LogP contribution in [0.2, 0.25) is 0 Å². The summed E-state index contributed by atoms with van der Waals surface area (Å²) in [6, 6.07) is 0. The molecule has 0 fully saturated rings. The SMILES string of the molecule is O=C([O-])C(=O)[O-].[Ce+3].[La+3].[Tb+3]. The Kier molecular flexibility index (Phi) is 33.7. The molecule has 41 valence electrons. The van der Waals surface area contributed by atoms with Gasteiger partial charge in [-0.2, -0.15) is 0 Å². The molecule has 0 atom stereocenters. The summed E-state index contributed by atoms with van der Waals surface area (Å²) in [4.78, 5) is 17.9. The molecule has 0 aliphatic heterocycles. The largest absolute Gasteiger partial charge is 3.00 e. The smallest absolute Gasteiger partial charge is 0.543 e. The van der Waals surface area contributed by atoms with Crippen molar-refractivity contribution in [3.8, 4) is 0 Å². The number of carbonyl (C=O) groups is 2. The number of carbonyl (C=O) groups excluding carboxylic acids is 2. The van der Waals surface area contributed by atoms with Crippen LogP contribution in [0.4, 0.5) is 0 Å². The first-order valence-electron chi connectivity index (χ1n) is 1.07. The quantitative estimate of drug-likeness (QED) is 0.307. The van der Waals surface area contributed by atoms with Gasteiger partial charge in [-0.3, -0.25) is 0 Å². The molecule has 0 saturated carbocycles. The molecule has 0 spiro atoms. The monoisotopic (exact) mass is 526 g/mol. The molecular formula is C2CeLaO4Tb+7. The molecule has 0 unspecified atom stereocenters. The molecule has 0 bridgehead atoms. The van der Waals surface area contributed by atoms with Crippen LogP contribution in [0.5, 0.6) is 0 Å². The maximum absolute atomic E-state index is 8.93. The molecule has 9 heavy (non-hydrogen) atoms. The van der Waals surface area contributed by atoms with Crippen LogP contribution in [0, 0.1) is 116 Å². The minimum absolute atomic E-state index is 0. The minimum Gasteiger partial charge on any atom is -0.543 e. The summed E-state index contributed by atoms with van der Waals surface area (Å²) < 4.78 is 0. The first-order chi connectivity index (χ1) is 2.64. The second kappa shape index (κ2) is 13.4. The van der Waals surface area contributed by atoms with Crippen molar-refractivity contribution < 1.29 is 136 Å². The Morgan fingerprint density at radius 1 is 1.00 bits per heavy atom. The molecule has 0 aliphatic rings. The van der Waals surface area contributed by atoms with E-state index in [1.165, 1.54) is 0 Å². The van der Waals surface area contributed by atoms with E-state index in [9.17, 15) is 0 Å². The second-order valence-electron chi connectivity index (χ2n) is 0.575. The van der Waals surface area contributed by atoms with Crippen LogP contribution in [0.15, 0.2) is 0 Å². The molecule has 0 amide bonds. The molecule has 0 heterocycles. The van der Waals surface area contributed by atoms with E-state index in [0.29, 0.717) is 0 Å². The first-order valence-corrected chi connectivity index (χ1v) is 1.07. The van der Waals surface area contributed by atoms with Crippen LogP contribution in [0.1, 0.15) is 0 Å². The van der Waals surface area contributed by atoms with Crippen molar-refractivity contribution >= 4 is 11.9 Å². The molecule has 0 aromatic carbocycles. The molecule has 4 nitrogen and oxygen atoms in total. The molecule has 0 saturated heterocycles. The van der Waals surface area contributed by atoms with Crippen LogP contribution in [-0.4, -0.2) is 11.9 Å². The van der Waals surface area contributed by atoms with E-state index in [-0.39, 0.29) is 116 Å². The predicted molar refractivity (Wildman–Crippen MR) is 10.0 cm³/mol. The second-order valence-corrected chi connectivity index (χ2v) is 0.575. The summed E-state index contributed by atoms with van der Waals surface area (Å²) in [5, 5.41) is 17.9. The van der Waals surface area contributed by atoms with Gasteiger partial charge in [0.05, 0.1) is 11.9 Å². The Morgan fingerprint density at radius 3 is 1.11 bits per heavy atom. The summed E-state index contributed by atoms with van der Waals surface area (Å²) in [5.74, 6) is -4.37. The van der Waals surface area contributed by atoms with Crippen molar-refractivity contribution in [2.75, 3.05) is 0 Å². The van der Waals surface area contributed by atoms with E-state index in [1.54, 1.807) is 0 Å². The number of aliphatic carboxylic acids is 2. The third-order valence-electron chi connectivity index (χ3n) is 0.167. The van der Waals surface area contributed by atoms with Gasteiger partial charge in [0.25, 0.3) is 0 Å². The van der Waals surface area contributed by atoms with Crippen molar-refractivity contribution in [1.29, 1.82) is 0 Å². The van der Waals surface area contributed by atoms with E-state index >= 15 is 0 Å². The minimum atomic E-state index is -2.19. The van der Waals surface area contributed by atoms with Crippen LogP contribution in [0.25, 0.3) is 0 Å². The fourth-order valence-electron chi connectivity index (χ4n) is 0. The molecule has 0 aliphatic carbocycles. The maximum Gasteiger partial charge on any atom is 3.00 e. The molecule has 0 aromatic heterocycles. The normalized spacial score (nSPS) is 4.89. The van der Waals surface area contributed by atoms with Crippen LogP contribution in [0.3, 0.4) is 0 Å². The van der Waals surface area contributed by atoms with Crippen LogP contribution in [-0.2, 0) is 9.59 Å². The Bertz CT molecular complexity index is 84.6. The summed E-state index contributed by atoms with van der Waals surface area (Å²) in [6.07, 6.45) is 0. The van der Waals surface area contributed by atoms with Crippen molar-refractivity contribution in [3.05, 3.63) is 0 Å². The predicted octanol–water partition coefficient (Wildman–Crippen LogP) is -3.51. The molecule has 0 N–H and O–H groups in total. The summed E-state index contributed by atoms with van der Waals surface area (Å²) >= 11 is 0. The molecule has 7 heteroatoms. The van der Waals surface area contributed by atoms with Crippen molar-refractivity contribution in [3.63, 3.8) is 0 Å². The van der Waals surface area contributed by atoms with Gasteiger partial charge in [0.2, 0.25) is 0 Å². The van der Waals surface area contributed by atoms with Crippen molar-refractivity contribution in [2.45, 2.75) is 0 Å². The van der Waals surface area contributed by atoms with E-state index in [4.69, 9.17) is 19.8 Å². The Balaban J connectivity index is -0.0000000417. The van der Waals surface area contributed by atoms with Gasteiger partial charge >= 0.3 is 116 Å². The van der Waals surface area contributed by atoms with Gasteiger partial charge in [-0.15, -0.1) is 0 Å². The fraction of sp³-hybridized carbons (Fsp3) is 0. The number of carboxylic acids is 2. The summed E-state index contributed by atoms with van der Waals surface area (Å²) in [6.45, 7) is 0. The molecular weight excluding hydrogens is 526 g/mol. The van der Waals surface area contributed by atoms with Crippen LogP contribution >= 0.6 is 0 Å².